The molecule has 5 heteroatoms. The Morgan fingerprint density at radius 1 is 1.11 bits per heavy atom. The highest BCUT2D eigenvalue weighted by Crippen LogP contribution is 2.27. The highest BCUT2D eigenvalue weighted by molar-refractivity contribution is 7.10. The van der Waals surface area contributed by atoms with Crippen LogP contribution >= 0.6 is 11.3 Å². The zero-order chi connectivity index (χ0) is 19.2. The Bertz CT molecular complexity index is 942. The molecule has 0 spiro atoms. The molecule has 0 aliphatic rings. The maximum Gasteiger partial charge on any atom is 0.241 e. The maximum absolute atomic E-state index is 12.6. The minimum Gasteiger partial charge on any atom is -0.325 e. The summed E-state index contributed by atoms with van der Waals surface area (Å²) >= 11 is 1.66. The van der Waals surface area contributed by atoms with Gasteiger partial charge < -0.3 is 5.32 Å². The summed E-state index contributed by atoms with van der Waals surface area (Å²) in [6, 6.07) is 21.0. The highest BCUT2D eigenvalue weighted by Gasteiger charge is 2.21. The first-order valence-corrected chi connectivity index (χ1v) is 9.62. The largest absolute Gasteiger partial charge is 0.325 e. The van der Waals surface area contributed by atoms with Gasteiger partial charge in [0.25, 0.3) is 0 Å². The van der Waals surface area contributed by atoms with Crippen LogP contribution in [0.2, 0.25) is 0 Å². The van der Waals surface area contributed by atoms with Crippen LogP contribution in [0.5, 0.6) is 0 Å². The number of carbonyl (C=O) groups is 1. The van der Waals surface area contributed by atoms with E-state index in [-0.39, 0.29) is 11.9 Å². The minimum absolute atomic E-state index is 0.0585. The van der Waals surface area contributed by atoms with Crippen LogP contribution in [0.25, 0.3) is 0 Å². The minimum atomic E-state index is -0.413. The monoisotopic (exact) mass is 375 g/mol. The van der Waals surface area contributed by atoms with Gasteiger partial charge in [0.2, 0.25) is 5.91 Å². The van der Waals surface area contributed by atoms with Gasteiger partial charge in [-0.3, -0.25) is 10.1 Å². The van der Waals surface area contributed by atoms with Crippen molar-refractivity contribution >= 4 is 22.9 Å². The van der Waals surface area contributed by atoms with Gasteiger partial charge in [-0.15, -0.1) is 11.3 Å². The van der Waals surface area contributed by atoms with Crippen molar-refractivity contribution in [3.05, 3.63) is 87.6 Å². The summed E-state index contributed by atoms with van der Waals surface area (Å²) in [7, 11) is 0. The lowest BCUT2D eigenvalue weighted by molar-refractivity contribution is -0.117. The Hall–Kier alpha value is -2.94. The van der Waals surface area contributed by atoms with E-state index in [1.165, 1.54) is 5.56 Å². The third kappa shape index (κ3) is 4.82. The fraction of sp³-hybridized carbons (Fsp3) is 0.182. The van der Waals surface area contributed by atoms with E-state index < -0.39 is 6.04 Å². The molecule has 2 N–H and O–H groups in total. The second kappa shape index (κ2) is 8.63. The van der Waals surface area contributed by atoms with Gasteiger partial charge in [0.05, 0.1) is 23.7 Å². The lowest BCUT2D eigenvalue weighted by Crippen LogP contribution is -2.40. The van der Waals surface area contributed by atoms with Gasteiger partial charge in [0.15, 0.2) is 0 Å². The molecule has 27 heavy (non-hydrogen) atoms. The number of carbonyl (C=O) groups excluding carboxylic acids is 1. The van der Waals surface area contributed by atoms with Gasteiger partial charge in [-0.25, -0.2) is 0 Å². The van der Waals surface area contributed by atoms with Crippen molar-refractivity contribution in [3.8, 4) is 6.07 Å². The first-order chi connectivity index (χ1) is 13.1. The molecule has 0 saturated carbocycles. The maximum atomic E-state index is 12.6. The highest BCUT2D eigenvalue weighted by atomic mass is 32.1. The smallest absolute Gasteiger partial charge is 0.241 e. The van der Waals surface area contributed by atoms with Gasteiger partial charge in [-0.1, -0.05) is 42.0 Å². The molecule has 0 aliphatic heterocycles. The molecule has 0 unspecified atom stereocenters. The van der Waals surface area contributed by atoms with Crippen molar-refractivity contribution in [2.24, 2.45) is 0 Å². The molecule has 0 fully saturated rings. The van der Waals surface area contributed by atoms with Gasteiger partial charge in [0, 0.05) is 10.6 Å². The summed E-state index contributed by atoms with van der Waals surface area (Å²) < 4.78 is 0. The summed E-state index contributed by atoms with van der Waals surface area (Å²) in [5, 5.41) is 17.4. The summed E-state index contributed by atoms with van der Waals surface area (Å²) in [6.07, 6.45) is 0. The lowest BCUT2D eigenvalue weighted by Gasteiger charge is -2.23. The van der Waals surface area contributed by atoms with Gasteiger partial charge in [-0.05, 0) is 49.1 Å². The van der Waals surface area contributed by atoms with Crippen molar-refractivity contribution in [1.82, 2.24) is 5.32 Å². The van der Waals surface area contributed by atoms with Crippen LogP contribution in [0.3, 0.4) is 0 Å². The Kier molecular flexibility index (Phi) is 6.02. The molecule has 1 heterocycles. The van der Waals surface area contributed by atoms with Crippen molar-refractivity contribution in [3.63, 3.8) is 0 Å². The second-order valence-electron chi connectivity index (χ2n) is 6.43. The summed E-state index contributed by atoms with van der Waals surface area (Å²) in [4.78, 5) is 13.8. The van der Waals surface area contributed by atoms with E-state index in [9.17, 15) is 4.79 Å². The number of aryl methyl sites for hydroxylation is 1. The van der Waals surface area contributed by atoms with E-state index in [1.54, 1.807) is 35.6 Å². The summed E-state index contributed by atoms with van der Waals surface area (Å²) in [6.45, 7) is 3.90. The number of thiophene rings is 1. The molecule has 1 aromatic heterocycles. The molecular weight excluding hydrogens is 354 g/mol. The standard InChI is InChI=1S/C22H21N3OS/c1-15-8-10-18(11-9-15)21(20-7-4-12-27-20)24-16(2)22(26)25-19-6-3-5-17(13-19)14-23/h3-13,16,21,24H,1-2H3,(H,25,26)/t16-,21+/m1/s1. The number of nitrogens with zero attached hydrogens (tertiary/aromatic N) is 1. The Labute approximate surface area is 163 Å². The predicted octanol–water partition coefficient (Wildman–Crippen LogP) is 4.63. The van der Waals surface area contributed by atoms with Crippen molar-refractivity contribution in [1.29, 1.82) is 5.26 Å². The number of hydrogen-bond acceptors (Lipinski definition) is 4. The molecular formula is C22H21N3OS. The lowest BCUT2D eigenvalue weighted by atomic mass is 10.0. The van der Waals surface area contributed by atoms with E-state index in [0.29, 0.717) is 11.3 Å². The van der Waals surface area contributed by atoms with Crippen LogP contribution in [0.1, 0.15) is 34.5 Å². The van der Waals surface area contributed by atoms with Gasteiger partial charge in [-0.2, -0.15) is 5.26 Å². The summed E-state index contributed by atoms with van der Waals surface area (Å²) in [5.74, 6) is -0.140. The molecule has 0 bridgehead atoms. The number of rotatable bonds is 6. The third-order valence-electron chi connectivity index (χ3n) is 4.31. The Morgan fingerprint density at radius 2 is 1.89 bits per heavy atom. The van der Waals surface area contributed by atoms with Crippen molar-refractivity contribution in [2.45, 2.75) is 25.9 Å². The molecule has 3 rings (SSSR count). The second-order valence-corrected chi connectivity index (χ2v) is 7.41. The first-order valence-electron chi connectivity index (χ1n) is 8.74. The van der Waals surface area contributed by atoms with Crippen LogP contribution < -0.4 is 10.6 Å². The zero-order valence-electron chi connectivity index (χ0n) is 15.3. The van der Waals surface area contributed by atoms with E-state index in [1.807, 2.05) is 18.4 Å². The summed E-state index contributed by atoms with van der Waals surface area (Å²) in [5.41, 5.74) is 3.46. The van der Waals surface area contributed by atoms with Crippen LogP contribution in [0.4, 0.5) is 5.69 Å². The molecule has 1 amide bonds. The van der Waals surface area contributed by atoms with E-state index in [0.717, 1.165) is 10.4 Å². The SMILES string of the molecule is Cc1ccc([C@H](N[C@H](C)C(=O)Nc2cccc(C#N)c2)c2cccs2)cc1. The number of benzene rings is 2. The van der Waals surface area contributed by atoms with Crippen LogP contribution in [0.15, 0.2) is 66.0 Å². The average molecular weight is 375 g/mol. The van der Waals surface area contributed by atoms with Crippen LogP contribution in [-0.2, 0) is 4.79 Å². The molecule has 3 aromatic rings. The third-order valence-corrected chi connectivity index (χ3v) is 5.24. The normalized spacial score (nSPS) is 12.8. The number of hydrogen-bond donors (Lipinski definition) is 2. The van der Waals surface area contributed by atoms with Crippen LogP contribution in [-0.4, -0.2) is 11.9 Å². The molecule has 0 aliphatic carbocycles. The molecule has 0 radical (unpaired) electrons. The first kappa shape index (κ1) is 18.8. The quantitative estimate of drug-likeness (QED) is 0.660. The molecule has 0 saturated heterocycles. The number of amides is 1. The van der Waals surface area contributed by atoms with E-state index >= 15 is 0 Å². The number of nitrogens with one attached hydrogen (secondary N) is 2. The topological polar surface area (TPSA) is 64.9 Å². The van der Waals surface area contributed by atoms with Crippen molar-refractivity contribution < 1.29 is 4.79 Å². The average Bonchev–Trinajstić information content (AvgIpc) is 3.21. The van der Waals surface area contributed by atoms with Crippen LogP contribution in [0, 0.1) is 18.3 Å². The Balaban J connectivity index is 1.75. The van der Waals surface area contributed by atoms with E-state index in [4.69, 9.17) is 5.26 Å². The van der Waals surface area contributed by atoms with E-state index in [2.05, 4.69) is 54.0 Å². The number of nitriles is 1. The van der Waals surface area contributed by atoms with Gasteiger partial charge >= 0.3 is 0 Å². The number of anilines is 1. The van der Waals surface area contributed by atoms with Gasteiger partial charge in [0.1, 0.15) is 0 Å². The Morgan fingerprint density at radius 3 is 2.56 bits per heavy atom. The predicted molar refractivity (Wildman–Crippen MR) is 110 cm³/mol. The fourth-order valence-corrected chi connectivity index (χ4v) is 3.61. The zero-order valence-corrected chi connectivity index (χ0v) is 16.1. The molecule has 2 atom stereocenters. The van der Waals surface area contributed by atoms with Crippen molar-refractivity contribution in [2.75, 3.05) is 5.32 Å². The molecule has 4 nitrogen and oxygen atoms in total. The molecule has 136 valence electrons. The molecule has 2 aromatic carbocycles. The fourth-order valence-electron chi connectivity index (χ4n) is 2.80.